The Bertz CT molecular complexity index is 2050. The molecule has 3 aromatic carbocycles. The third kappa shape index (κ3) is 6.79. The molecule has 0 saturated heterocycles. The molecule has 1 atom stereocenters. The lowest BCUT2D eigenvalue weighted by Crippen LogP contribution is -2.40. The van der Waals surface area contributed by atoms with E-state index in [-0.39, 0.29) is 24.5 Å². The fourth-order valence-electron chi connectivity index (χ4n) is 5.06. The molecule has 0 aliphatic carbocycles. The number of nitro groups is 1. The molecule has 13 heteroatoms. The predicted octanol–water partition coefficient (Wildman–Crippen LogP) is 6.41. The number of fused-ring (bicyclic) bond motifs is 1. The van der Waals surface area contributed by atoms with E-state index in [4.69, 9.17) is 25.8 Å². The number of aryl methyl sites for hydroxylation is 1. The number of carbonyl (C=O) groups excluding carboxylic acids is 1. The van der Waals surface area contributed by atoms with Gasteiger partial charge in [0.15, 0.2) is 16.3 Å². The van der Waals surface area contributed by atoms with E-state index in [2.05, 4.69) is 20.9 Å². The molecule has 1 aliphatic rings. The summed E-state index contributed by atoms with van der Waals surface area (Å²) < 4.78 is 19.7. The number of nitrogens with zero attached hydrogens (tertiary/aromatic N) is 3. The molecule has 0 saturated carbocycles. The first-order valence-corrected chi connectivity index (χ1v) is 16.3. The molecule has 2 heterocycles. The molecule has 1 aliphatic heterocycles. The van der Waals surface area contributed by atoms with Gasteiger partial charge in [0.1, 0.15) is 6.61 Å². The summed E-state index contributed by atoms with van der Waals surface area (Å²) in [7, 11) is 0. The van der Waals surface area contributed by atoms with E-state index < -0.39 is 22.5 Å². The number of ether oxygens (including phenoxy) is 3. The van der Waals surface area contributed by atoms with Crippen LogP contribution in [0.3, 0.4) is 0 Å². The summed E-state index contributed by atoms with van der Waals surface area (Å²) >= 11 is 10.7. The number of rotatable bonds is 10. The lowest BCUT2D eigenvalue weighted by molar-refractivity contribution is -0.385. The van der Waals surface area contributed by atoms with Crippen LogP contribution in [-0.4, -0.2) is 28.7 Å². The summed E-state index contributed by atoms with van der Waals surface area (Å²) in [6, 6.07) is 14.6. The fraction of sp³-hybridized carbons (Fsp3) is 0.242. The van der Waals surface area contributed by atoms with Gasteiger partial charge in [0.2, 0.25) is 0 Å². The van der Waals surface area contributed by atoms with Gasteiger partial charge in [0, 0.05) is 16.7 Å². The number of nitro benzene ring substituents is 1. The lowest BCUT2D eigenvalue weighted by atomic mass is 9.94. The Balaban J connectivity index is 1.61. The molecule has 0 amide bonds. The van der Waals surface area contributed by atoms with E-state index in [0.29, 0.717) is 59.3 Å². The summed E-state index contributed by atoms with van der Waals surface area (Å²) in [4.78, 5) is 43.5. The van der Waals surface area contributed by atoms with Gasteiger partial charge in [-0.15, -0.1) is 0 Å². The second-order valence-corrected chi connectivity index (χ2v) is 12.6. The van der Waals surface area contributed by atoms with Crippen molar-refractivity contribution >= 4 is 56.6 Å². The summed E-state index contributed by atoms with van der Waals surface area (Å²) in [5.74, 6) is 0.340. The third-order valence-corrected chi connectivity index (χ3v) is 9.01. The summed E-state index contributed by atoms with van der Waals surface area (Å²) in [5.41, 5.74) is 2.40. The minimum absolute atomic E-state index is 0.108. The Kier molecular flexibility index (Phi) is 10.1. The van der Waals surface area contributed by atoms with Crippen LogP contribution in [0.2, 0.25) is 5.02 Å². The quantitative estimate of drug-likeness (QED) is 0.105. The monoisotopic (exact) mass is 725 g/mol. The van der Waals surface area contributed by atoms with Crippen LogP contribution in [0.5, 0.6) is 11.5 Å². The van der Waals surface area contributed by atoms with Gasteiger partial charge in [-0.3, -0.25) is 19.5 Å². The number of carbonyl (C=O) groups is 1. The smallest absolute Gasteiger partial charge is 0.338 e. The van der Waals surface area contributed by atoms with Crippen molar-refractivity contribution < 1.29 is 23.9 Å². The number of aromatic nitrogens is 1. The van der Waals surface area contributed by atoms with E-state index in [1.165, 1.54) is 10.6 Å². The lowest BCUT2D eigenvalue weighted by Gasteiger charge is -2.24. The molecule has 5 rings (SSSR count). The average Bonchev–Trinajstić information content (AvgIpc) is 3.31. The van der Waals surface area contributed by atoms with Gasteiger partial charge in [-0.1, -0.05) is 47.2 Å². The maximum atomic E-state index is 14.1. The number of benzene rings is 3. The third-order valence-electron chi connectivity index (χ3n) is 7.19. The van der Waals surface area contributed by atoms with Gasteiger partial charge in [0.05, 0.1) is 44.5 Å². The number of hydrogen-bond donors (Lipinski definition) is 0. The highest BCUT2D eigenvalue weighted by atomic mass is 79.9. The molecule has 0 spiro atoms. The van der Waals surface area contributed by atoms with E-state index in [1.807, 2.05) is 25.1 Å². The summed E-state index contributed by atoms with van der Waals surface area (Å²) in [6.07, 6.45) is 1.71. The van der Waals surface area contributed by atoms with E-state index in [0.717, 1.165) is 16.9 Å². The molecular formula is C33H29BrClN3O7S. The van der Waals surface area contributed by atoms with Crippen LogP contribution in [0, 0.1) is 17.0 Å². The minimum Gasteiger partial charge on any atom is -0.490 e. The molecule has 0 fully saturated rings. The van der Waals surface area contributed by atoms with Gasteiger partial charge in [-0.2, -0.15) is 0 Å². The van der Waals surface area contributed by atoms with Crippen molar-refractivity contribution in [1.29, 1.82) is 0 Å². The molecule has 0 N–H and O–H groups in total. The van der Waals surface area contributed by atoms with Crippen molar-refractivity contribution in [2.75, 3.05) is 13.2 Å². The maximum absolute atomic E-state index is 14.1. The van der Waals surface area contributed by atoms with Gasteiger partial charge >= 0.3 is 5.97 Å². The molecule has 0 radical (unpaired) electrons. The summed E-state index contributed by atoms with van der Waals surface area (Å²) in [6.45, 7) is 7.60. The van der Waals surface area contributed by atoms with E-state index in [1.54, 1.807) is 57.2 Å². The second-order valence-electron chi connectivity index (χ2n) is 10.3. The van der Waals surface area contributed by atoms with Gasteiger partial charge in [-0.25, -0.2) is 9.79 Å². The molecular weight excluding hydrogens is 698 g/mol. The topological polar surface area (TPSA) is 122 Å². The molecule has 46 heavy (non-hydrogen) atoms. The number of hydrogen-bond acceptors (Lipinski definition) is 9. The van der Waals surface area contributed by atoms with Crippen LogP contribution in [0.15, 0.2) is 80.1 Å². The highest BCUT2D eigenvalue weighted by Crippen LogP contribution is 2.38. The Morgan fingerprint density at radius 1 is 1.11 bits per heavy atom. The number of halogens is 2. The predicted molar refractivity (Wildman–Crippen MR) is 179 cm³/mol. The van der Waals surface area contributed by atoms with Crippen LogP contribution in [0.4, 0.5) is 5.69 Å². The first kappa shape index (κ1) is 33.1. The first-order chi connectivity index (χ1) is 22.0. The average molecular weight is 727 g/mol. The Morgan fingerprint density at radius 3 is 2.52 bits per heavy atom. The number of allylic oxidation sites excluding steroid dienone is 1. The standard InChI is InChI=1S/C33H29BrClN3O7S/c1-5-43-26-14-21(13-24(34)30(26)45-17-20-8-11-23(35)12-9-20)15-27-31(39)37-29(22-10-7-18(3)25(16-22)38(41)42)28(32(40)44-6-2)19(4)36-33(37)46-27/h7-16,29H,5-6,17H2,1-4H3/b27-15+/t29-/m1/s1. The van der Waals surface area contributed by atoms with Crippen molar-refractivity contribution in [2.45, 2.75) is 40.3 Å². The maximum Gasteiger partial charge on any atom is 0.338 e. The van der Waals surface area contributed by atoms with Crippen LogP contribution in [0.1, 0.15) is 49.1 Å². The van der Waals surface area contributed by atoms with Crippen molar-refractivity contribution in [3.63, 3.8) is 0 Å². The van der Waals surface area contributed by atoms with Crippen molar-refractivity contribution in [3.05, 3.63) is 127 Å². The minimum atomic E-state index is -0.980. The van der Waals surface area contributed by atoms with Crippen molar-refractivity contribution in [3.8, 4) is 11.5 Å². The van der Waals surface area contributed by atoms with Gasteiger partial charge < -0.3 is 14.2 Å². The zero-order chi connectivity index (χ0) is 33.1. The Hall–Kier alpha value is -4.26. The molecule has 0 bridgehead atoms. The number of thiazole rings is 1. The van der Waals surface area contributed by atoms with Crippen LogP contribution in [0.25, 0.3) is 6.08 Å². The zero-order valence-electron chi connectivity index (χ0n) is 25.3. The molecule has 4 aromatic rings. The number of esters is 1. The Labute approximate surface area is 281 Å². The fourth-order valence-corrected chi connectivity index (χ4v) is 6.81. The zero-order valence-corrected chi connectivity index (χ0v) is 28.5. The highest BCUT2D eigenvalue weighted by molar-refractivity contribution is 9.10. The van der Waals surface area contributed by atoms with Crippen LogP contribution >= 0.6 is 38.9 Å². The van der Waals surface area contributed by atoms with Crippen LogP contribution < -0.4 is 24.4 Å². The normalized spacial score (nSPS) is 14.5. The molecule has 10 nitrogen and oxygen atoms in total. The van der Waals surface area contributed by atoms with E-state index in [9.17, 15) is 19.7 Å². The summed E-state index contributed by atoms with van der Waals surface area (Å²) in [5, 5.41) is 12.4. The second kappa shape index (κ2) is 14.0. The van der Waals surface area contributed by atoms with Gasteiger partial charge in [-0.05, 0) is 90.7 Å². The molecule has 1 aromatic heterocycles. The van der Waals surface area contributed by atoms with Gasteiger partial charge in [0.25, 0.3) is 11.2 Å². The van der Waals surface area contributed by atoms with Crippen molar-refractivity contribution in [1.82, 2.24) is 4.57 Å². The van der Waals surface area contributed by atoms with Crippen LogP contribution in [-0.2, 0) is 16.1 Å². The Morgan fingerprint density at radius 2 is 1.85 bits per heavy atom. The van der Waals surface area contributed by atoms with E-state index >= 15 is 0 Å². The molecule has 238 valence electrons. The first-order valence-electron chi connectivity index (χ1n) is 14.3. The SMILES string of the molecule is CCOC(=O)C1=C(C)N=c2s/c(=C/c3cc(Br)c(OCc4ccc(Cl)cc4)c(OCC)c3)c(=O)n2[C@@H]1c1ccc(C)c([N+](=O)[O-])c1. The van der Waals surface area contributed by atoms with Crippen molar-refractivity contribution in [2.24, 2.45) is 4.99 Å². The molecule has 0 unspecified atom stereocenters. The largest absolute Gasteiger partial charge is 0.490 e. The highest BCUT2D eigenvalue weighted by Gasteiger charge is 2.34.